The molecular weight excluding hydrogens is 449 g/mol. The van der Waals surface area contributed by atoms with E-state index in [1.165, 1.54) is 35.4 Å². The van der Waals surface area contributed by atoms with Crippen molar-refractivity contribution in [3.63, 3.8) is 0 Å². The Kier molecular flexibility index (Phi) is 7.92. The molecular formula is C27H28FN3O4. The van der Waals surface area contributed by atoms with E-state index in [1.54, 1.807) is 12.1 Å². The van der Waals surface area contributed by atoms with Gasteiger partial charge in [0.25, 0.3) is 5.91 Å². The summed E-state index contributed by atoms with van der Waals surface area (Å²) in [6, 6.07) is 17.0. The van der Waals surface area contributed by atoms with Gasteiger partial charge in [0.1, 0.15) is 11.9 Å². The number of nitrogens with one attached hydrogen (secondary N) is 2. The zero-order valence-electron chi connectivity index (χ0n) is 19.3. The van der Waals surface area contributed by atoms with E-state index in [-0.39, 0.29) is 30.5 Å². The van der Waals surface area contributed by atoms with Gasteiger partial charge in [0.05, 0.1) is 12.8 Å². The highest BCUT2D eigenvalue weighted by Crippen LogP contribution is 2.27. The van der Waals surface area contributed by atoms with E-state index in [4.69, 9.17) is 4.42 Å². The maximum Gasteiger partial charge on any atom is 0.287 e. The molecule has 1 fully saturated rings. The van der Waals surface area contributed by atoms with Crippen LogP contribution in [0.5, 0.6) is 0 Å². The van der Waals surface area contributed by atoms with Crippen LogP contribution in [0.4, 0.5) is 4.39 Å². The minimum atomic E-state index is -1.20. The lowest BCUT2D eigenvalue weighted by atomic mass is 10.0. The van der Waals surface area contributed by atoms with Crippen LogP contribution in [0.1, 0.15) is 53.4 Å². The fourth-order valence-electron chi connectivity index (χ4n) is 4.35. The minimum Gasteiger partial charge on any atom is -0.459 e. The molecule has 0 unspecified atom stereocenters. The summed E-state index contributed by atoms with van der Waals surface area (Å²) in [6.45, 7) is -0.318. The SMILES string of the molecule is O=C(NCC(=O)N(Cc1ccccc1)[C@@H](C(=O)NC1CCCC1)c1ccccc1F)c1ccco1. The maximum atomic E-state index is 15.0. The first-order valence-corrected chi connectivity index (χ1v) is 11.7. The molecule has 35 heavy (non-hydrogen) atoms. The van der Waals surface area contributed by atoms with Crippen molar-refractivity contribution in [1.82, 2.24) is 15.5 Å². The average Bonchev–Trinajstić information content (AvgIpc) is 3.58. The van der Waals surface area contributed by atoms with Gasteiger partial charge in [-0.1, -0.05) is 61.4 Å². The molecule has 0 radical (unpaired) electrons. The Hall–Kier alpha value is -3.94. The van der Waals surface area contributed by atoms with Gasteiger partial charge in [-0.15, -0.1) is 0 Å². The Morgan fingerprint density at radius 2 is 1.69 bits per heavy atom. The quantitative estimate of drug-likeness (QED) is 0.488. The molecule has 1 heterocycles. The van der Waals surface area contributed by atoms with Crippen LogP contribution in [-0.4, -0.2) is 35.2 Å². The zero-order chi connectivity index (χ0) is 24.6. The standard InChI is InChI=1S/C27H28FN3O4/c28-22-14-7-6-13-21(22)25(27(34)30-20-11-4-5-12-20)31(18-19-9-2-1-3-10-19)24(32)17-29-26(33)23-15-8-16-35-23/h1-3,6-10,13-16,20,25H,4-5,11-12,17-18H2,(H,29,33)(H,30,34)/t25-/m1/s1. The van der Waals surface area contributed by atoms with Crippen LogP contribution in [0.15, 0.2) is 77.4 Å². The Bertz CT molecular complexity index is 1140. The number of carbonyl (C=O) groups is 3. The molecule has 7 nitrogen and oxygen atoms in total. The van der Waals surface area contributed by atoms with E-state index in [2.05, 4.69) is 10.6 Å². The third kappa shape index (κ3) is 6.15. The van der Waals surface area contributed by atoms with Crippen LogP contribution in [0.2, 0.25) is 0 Å². The number of amides is 3. The number of benzene rings is 2. The molecule has 1 saturated carbocycles. The lowest BCUT2D eigenvalue weighted by Crippen LogP contribution is -2.48. The van der Waals surface area contributed by atoms with Crippen LogP contribution in [0.25, 0.3) is 0 Å². The molecule has 8 heteroatoms. The number of hydrogen-bond acceptors (Lipinski definition) is 4. The highest BCUT2D eigenvalue weighted by molar-refractivity contribution is 5.95. The molecule has 2 N–H and O–H groups in total. The molecule has 3 aromatic rings. The Labute approximate surface area is 203 Å². The van der Waals surface area contributed by atoms with Crippen molar-refractivity contribution in [3.05, 3.63) is 95.7 Å². The van der Waals surface area contributed by atoms with Crippen LogP contribution >= 0.6 is 0 Å². The lowest BCUT2D eigenvalue weighted by molar-refractivity contribution is -0.141. The van der Waals surface area contributed by atoms with Crippen molar-refractivity contribution in [3.8, 4) is 0 Å². The van der Waals surface area contributed by atoms with E-state index in [0.29, 0.717) is 0 Å². The van der Waals surface area contributed by atoms with Crippen molar-refractivity contribution in [2.24, 2.45) is 0 Å². The molecule has 0 spiro atoms. The van der Waals surface area contributed by atoms with Crippen LogP contribution in [-0.2, 0) is 16.1 Å². The summed E-state index contributed by atoms with van der Waals surface area (Å²) in [4.78, 5) is 40.7. The summed E-state index contributed by atoms with van der Waals surface area (Å²) in [5, 5.41) is 5.55. The van der Waals surface area contributed by atoms with Crippen LogP contribution in [0.3, 0.4) is 0 Å². The summed E-state index contributed by atoms with van der Waals surface area (Å²) in [5.41, 5.74) is 0.873. The fourth-order valence-corrected chi connectivity index (χ4v) is 4.35. The summed E-state index contributed by atoms with van der Waals surface area (Å²) in [7, 11) is 0. The average molecular weight is 478 g/mol. The van der Waals surface area contributed by atoms with Crippen molar-refractivity contribution >= 4 is 17.7 Å². The molecule has 1 atom stereocenters. The molecule has 0 saturated heterocycles. The predicted octanol–water partition coefficient (Wildman–Crippen LogP) is 3.98. The van der Waals surface area contributed by atoms with Gasteiger partial charge in [0, 0.05) is 18.2 Å². The molecule has 2 aromatic carbocycles. The third-order valence-corrected chi connectivity index (χ3v) is 6.12. The van der Waals surface area contributed by atoms with Gasteiger partial charge in [-0.2, -0.15) is 0 Å². The number of rotatable bonds is 9. The normalized spacial score (nSPS) is 14.3. The Morgan fingerprint density at radius 3 is 2.37 bits per heavy atom. The molecule has 1 aromatic heterocycles. The molecule has 4 rings (SSSR count). The van der Waals surface area contributed by atoms with Crippen molar-refractivity contribution in [2.45, 2.75) is 44.3 Å². The van der Waals surface area contributed by atoms with Crippen molar-refractivity contribution in [1.29, 1.82) is 0 Å². The summed E-state index contributed by atoms with van der Waals surface area (Å²) in [5.74, 6) is -2.03. The topological polar surface area (TPSA) is 91.7 Å². The molecule has 0 bridgehead atoms. The van der Waals surface area contributed by atoms with Gasteiger partial charge in [-0.05, 0) is 36.6 Å². The second kappa shape index (κ2) is 11.5. The minimum absolute atomic E-state index is 0.0101. The van der Waals surface area contributed by atoms with Gasteiger partial charge >= 0.3 is 0 Å². The van der Waals surface area contributed by atoms with E-state index < -0.39 is 29.6 Å². The highest BCUT2D eigenvalue weighted by Gasteiger charge is 2.35. The summed E-state index contributed by atoms with van der Waals surface area (Å²) >= 11 is 0. The second-order valence-electron chi connectivity index (χ2n) is 8.58. The van der Waals surface area contributed by atoms with Gasteiger partial charge in [-0.3, -0.25) is 14.4 Å². The van der Waals surface area contributed by atoms with E-state index >= 15 is 0 Å². The Morgan fingerprint density at radius 1 is 0.971 bits per heavy atom. The molecule has 1 aliphatic carbocycles. The van der Waals surface area contributed by atoms with Crippen LogP contribution < -0.4 is 10.6 Å². The molecule has 3 amide bonds. The second-order valence-corrected chi connectivity index (χ2v) is 8.58. The number of nitrogens with zero attached hydrogens (tertiary/aromatic N) is 1. The van der Waals surface area contributed by atoms with Crippen molar-refractivity contribution < 1.29 is 23.2 Å². The van der Waals surface area contributed by atoms with Crippen LogP contribution in [0, 0.1) is 5.82 Å². The Balaban J connectivity index is 1.64. The number of carbonyl (C=O) groups excluding carboxylic acids is 3. The molecule has 1 aliphatic rings. The number of hydrogen-bond donors (Lipinski definition) is 2. The van der Waals surface area contributed by atoms with E-state index in [9.17, 15) is 18.8 Å². The van der Waals surface area contributed by atoms with Gasteiger partial charge in [0.15, 0.2) is 5.76 Å². The van der Waals surface area contributed by atoms with Crippen molar-refractivity contribution in [2.75, 3.05) is 6.54 Å². The van der Waals surface area contributed by atoms with Gasteiger partial charge in [-0.25, -0.2) is 4.39 Å². The van der Waals surface area contributed by atoms with Gasteiger partial charge < -0.3 is 20.0 Å². The maximum absolute atomic E-state index is 15.0. The smallest absolute Gasteiger partial charge is 0.287 e. The first-order valence-electron chi connectivity index (χ1n) is 11.7. The largest absolute Gasteiger partial charge is 0.459 e. The lowest BCUT2D eigenvalue weighted by Gasteiger charge is -2.32. The zero-order valence-corrected chi connectivity index (χ0v) is 19.3. The first kappa shape index (κ1) is 24.2. The monoisotopic (exact) mass is 477 g/mol. The number of halogens is 1. The van der Waals surface area contributed by atoms with Gasteiger partial charge in [0.2, 0.25) is 11.8 Å². The highest BCUT2D eigenvalue weighted by atomic mass is 19.1. The summed E-state index contributed by atoms with van der Waals surface area (Å²) in [6.07, 6.45) is 5.09. The van der Waals surface area contributed by atoms with E-state index in [0.717, 1.165) is 31.2 Å². The first-order chi connectivity index (χ1) is 17.0. The summed E-state index contributed by atoms with van der Waals surface area (Å²) < 4.78 is 20.1. The molecule has 182 valence electrons. The molecule has 0 aliphatic heterocycles. The predicted molar refractivity (Wildman–Crippen MR) is 128 cm³/mol. The number of furan rings is 1. The van der Waals surface area contributed by atoms with E-state index in [1.807, 2.05) is 30.3 Å². The fraction of sp³-hybridized carbons (Fsp3) is 0.296. The third-order valence-electron chi connectivity index (χ3n) is 6.12.